The molecule has 0 saturated carbocycles. The Hall–Kier alpha value is -1.53. The lowest BCUT2D eigenvalue weighted by atomic mass is 10.2. The average Bonchev–Trinajstić information content (AvgIpc) is 2.34. The van der Waals surface area contributed by atoms with Crippen molar-refractivity contribution in [2.75, 3.05) is 6.61 Å². The first kappa shape index (κ1) is 12.9. The van der Waals surface area contributed by atoms with Crippen molar-refractivity contribution in [3.63, 3.8) is 0 Å². The van der Waals surface area contributed by atoms with Crippen LogP contribution in [0, 0.1) is 5.82 Å². The molecular weight excluding hydrogens is 284 g/mol. The smallest absolute Gasteiger partial charge is 0.357 e. The van der Waals surface area contributed by atoms with E-state index in [1.54, 1.807) is 6.92 Å². The minimum atomic E-state index is -0.857. The molecule has 0 aromatic carbocycles. The van der Waals surface area contributed by atoms with Crippen molar-refractivity contribution in [2.45, 2.75) is 6.92 Å². The molecule has 94 valence electrons. The van der Waals surface area contributed by atoms with Crippen LogP contribution in [0.3, 0.4) is 0 Å². The molecule has 0 fully saturated rings. The predicted molar refractivity (Wildman–Crippen MR) is 63.3 cm³/mol. The quantitative estimate of drug-likeness (QED) is 0.483. The van der Waals surface area contributed by atoms with E-state index < -0.39 is 11.8 Å². The summed E-state index contributed by atoms with van der Waals surface area (Å²) in [6.07, 6.45) is 1.20. The van der Waals surface area contributed by atoms with E-state index in [4.69, 9.17) is 27.9 Å². The Morgan fingerprint density at radius 2 is 2.17 bits per heavy atom. The van der Waals surface area contributed by atoms with Crippen molar-refractivity contribution in [3.8, 4) is 0 Å². The van der Waals surface area contributed by atoms with Crippen molar-refractivity contribution >= 4 is 40.1 Å². The van der Waals surface area contributed by atoms with Crippen molar-refractivity contribution in [3.05, 3.63) is 28.1 Å². The van der Waals surface area contributed by atoms with Crippen LogP contribution in [-0.2, 0) is 4.74 Å². The number of halogens is 3. The largest absolute Gasteiger partial charge is 0.461 e. The van der Waals surface area contributed by atoms with Crippen LogP contribution in [0.2, 0.25) is 10.4 Å². The molecule has 0 bridgehead atoms. The zero-order valence-electron chi connectivity index (χ0n) is 9.08. The molecule has 2 aromatic heterocycles. The van der Waals surface area contributed by atoms with Crippen molar-refractivity contribution in [2.24, 2.45) is 0 Å². The molecule has 0 aliphatic carbocycles. The fourth-order valence-corrected chi connectivity index (χ4v) is 1.67. The Bertz CT molecular complexity index is 636. The molecule has 2 rings (SSSR count). The van der Waals surface area contributed by atoms with Crippen LogP contribution in [-0.4, -0.2) is 27.5 Å². The van der Waals surface area contributed by atoms with Crippen LogP contribution < -0.4 is 0 Å². The molecule has 0 aliphatic rings. The van der Waals surface area contributed by atoms with Gasteiger partial charge in [-0.05, 0) is 18.5 Å². The number of carbonyl (C=O) groups excluding carboxylic acids is 1. The zero-order chi connectivity index (χ0) is 13.3. The van der Waals surface area contributed by atoms with Gasteiger partial charge in [0.15, 0.2) is 16.7 Å². The van der Waals surface area contributed by atoms with Crippen LogP contribution in [0.15, 0.2) is 6.20 Å². The molecule has 2 heterocycles. The fourth-order valence-electron chi connectivity index (χ4n) is 1.36. The van der Waals surface area contributed by atoms with Gasteiger partial charge in [-0.1, -0.05) is 11.6 Å². The molecule has 2 aromatic rings. The summed E-state index contributed by atoms with van der Waals surface area (Å²) in [7, 11) is 0. The first-order valence-electron chi connectivity index (χ1n) is 4.89. The monoisotopic (exact) mass is 289 g/mol. The molecule has 0 spiro atoms. The Balaban J connectivity index is 2.74. The van der Waals surface area contributed by atoms with Gasteiger partial charge < -0.3 is 4.74 Å². The van der Waals surface area contributed by atoms with Crippen molar-refractivity contribution in [1.29, 1.82) is 0 Å². The highest BCUT2D eigenvalue weighted by Gasteiger charge is 2.19. The number of hydrogen-bond donors (Lipinski definition) is 0. The van der Waals surface area contributed by atoms with E-state index in [0.29, 0.717) is 0 Å². The molecule has 8 heteroatoms. The number of hydrogen-bond acceptors (Lipinski definition) is 5. The van der Waals surface area contributed by atoms with Gasteiger partial charge >= 0.3 is 5.97 Å². The number of esters is 1. The number of fused-ring (bicyclic) bond motifs is 1. The molecule has 0 saturated heterocycles. The Kier molecular flexibility index (Phi) is 3.58. The molecule has 0 radical (unpaired) electrons. The highest BCUT2D eigenvalue weighted by atomic mass is 35.5. The summed E-state index contributed by atoms with van der Waals surface area (Å²) in [5, 5.41) is -0.529. The second kappa shape index (κ2) is 4.99. The van der Waals surface area contributed by atoms with Gasteiger partial charge in [0, 0.05) is 6.20 Å². The molecule has 0 aliphatic heterocycles. The normalized spacial score (nSPS) is 10.7. The lowest BCUT2D eigenvalue weighted by molar-refractivity contribution is 0.0522. The third kappa shape index (κ3) is 2.21. The van der Waals surface area contributed by atoms with Crippen LogP contribution >= 0.6 is 23.2 Å². The Labute approximate surface area is 111 Å². The minimum absolute atomic E-state index is 0.0970. The summed E-state index contributed by atoms with van der Waals surface area (Å²) in [5.74, 6) is -1.58. The van der Waals surface area contributed by atoms with Gasteiger partial charge in [0.05, 0.1) is 12.0 Å². The van der Waals surface area contributed by atoms with Gasteiger partial charge in [-0.2, -0.15) is 0 Å². The number of carbonyl (C=O) groups is 1. The van der Waals surface area contributed by atoms with Gasteiger partial charge in [0.25, 0.3) is 0 Å². The number of aromatic nitrogens is 3. The lowest BCUT2D eigenvalue weighted by Crippen LogP contribution is -2.09. The number of nitrogens with zero attached hydrogens (tertiary/aromatic N) is 3. The zero-order valence-corrected chi connectivity index (χ0v) is 10.6. The van der Waals surface area contributed by atoms with Gasteiger partial charge in [0.2, 0.25) is 5.28 Å². The standard InChI is InChI=1S/C10H6Cl2FN3O2/c1-2-18-9(17)7-4-3-14-8(11)5(13)6(4)15-10(12)16-7/h3H,2H2,1H3. The average molecular weight is 290 g/mol. The van der Waals surface area contributed by atoms with Gasteiger partial charge in [-0.15, -0.1) is 0 Å². The fraction of sp³-hybridized carbons (Fsp3) is 0.200. The molecule has 0 atom stereocenters. The predicted octanol–water partition coefficient (Wildman–Crippen LogP) is 2.65. The summed E-state index contributed by atoms with van der Waals surface area (Å²) in [5.41, 5.74) is -0.312. The molecule has 5 nitrogen and oxygen atoms in total. The number of rotatable bonds is 2. The van der Waals surface area contributed by atoms with Crippen molar-refractivity contribution < 1.29 is 13.9 Å². The second-order valence-corrected chi connectivity index (χ2v) is 3.88. The van der Waals surface area contributed by atoms with Gasteiger partial charge in [0.1, 0.15) is 5.52 Å². The van der Waals surface area contributed by atoms with E-state index >= 15 is 0 Å². The number of ether oxygens (including phenoxy) is 1. The summed E-state index contributed by atoms with van der Waals surface area (Å²) in [6.45, 7) is 1.80. The Morgan fingerprint density at radius 1 is 1.44 bits per heavy atom. The third-order valence-corrected chi connectivity index (χ3v) is 2.52. The van der Waals surface area contributed by atoms with E-state index in [1.807, 2.05) is 0 Å². The van der Waals surface area contributed by atoms with E-state index in [1.165, 1.54) is 6.20 Å². The maximum absolute atomic E-state index is 13.7. The van der Waals surface area contributed by atoms with Crippen LogP contribution in [0.25, 0.3) is 10.9 Å². The Morgan fingerprint density at radius 3 is 2.83 bits per heavy atom. The first-order chi connectivity index (χ1) is 8.54. The molecule has 0 unspecified atom stereocenters. The SMILES string of the molecule is CCOC(=O)c1nc(Cl)nc2c(F)c(Cl)ncc12. The maximum atomic E-state index is 13.7. The minimum Gasteiger partial charge on any atom is -0.461 e. The van der Waals surface area contributed by atoms with Crippen LogP contribution in [0.5, 0.6) is 0 Å². The van der Waals surface area contributed by atoms with Crippen LogP contribution in [0.1, 0.15) is 17.4 Å². The van der Waals surface area contributed by atoms with E-state index in [9.17, 15) is 9.18 Å². The van der Waals surface area contributed by atoms with Gasteiger partial charge in [-0.3, -0.25) is 0 Å². The van der Waals surface area contributed by atoms with Crippen LogP contribution in [0.4, 0.5) is 4.39 Å². The maximum Gasteiger partial charge on any atom is 0.357 e. The second-order valence-electron chi connectivity index (χ2n) is 3.19. The highest BCUT2D eigenvalue weighted by Crippen LogP contribution is 2.24. The third-order valence-electron chi connectivity index (χ3n) is 2.08. The molecule has 0 amide bonds. The summed E-state index contributed by atoms with van der Waals surface area (Å²) in [6, 6.07) is 0. The highest BCUT2D eigenvalue weighted by molar-refractivity contribution is 6.31. The molecule has 18 heavy (non-hydrogen) atoms. The van der Waals surface area contributed by atoms with E-state index in [2.05, 4.69) is 15.0 Å². The van der Waals surface area contributed by atoms with E-state index in [-0.39, 0.29) is 33.6 Å². The van der Waals surface area contributed by atoms with Crippen molar-refractivity contribution in [1.82, 2.24) is 15.0 Å². The first-order valence-corrected chi connectivity index (χ1v) is 5.64. The molecular formula is C10H6Cl2FN3O2. The lowest BCUT2D eigenvalue weighted by Gasteiger charge is -2.06. The van der Waals surface area contributed by atoms with E-state index in [0.717, 1.165) is 0 Å². The van der Waals surface area contributed by atoms with Gasteiger partial charge in [-0.25, -0.2) is 24.1 Å². The summed E-state index contributed by atoms with van der Waals surface area (Å²) >= 11 is 11.2. The molecule has 0 N–H and O–H groups in total. The summed E-state index contributed by atoms with van der Waals surface area (Å²) < 4.78 is 18.5. The summed E-state index contributed by atoms with van der Waals surface area (Å²) in [4.78, 5) is 22.7. The number of pyridine rings is 1. The topological polar surface area (TPSA) is 65.0 Å².